The van der Waals surface area contributed by atoms with Crippen LogP contribution in [0.4, 0.5) is 0 Å². The summed E-state index contributed by atoms with van der Waals surface area (Å²) in [6.45, 7) is 2.29. The van der Waals surface area contributed by atoms with Gasteiger partial charge in [0.1, 0.15) is 0 Å². The van der Waals surface area contributed by atoms with Crippen molar-refractivity contribution in [1.82, 2.24) is 0 Å². The van der Waals surface area contributed by atoms with Gasteiger partial charge in [-0.15, -0.1) is 0 Å². The summed E-state index contributed by atoms with van der Waals surface area (Å²) >= 11 is 0. The first kappa shape index (κ1) is 10.6. The van der Waals surface area contributed by atoms with E-state index in [4.69, 9.17) is 11.5 Å². The number of rotatable bonds is 7. The maximum Gasteiger partial charge on any atom is 0.0385 e. The van der Waals surface area contributed by atoms with Crippen LogP contribution in [0.2, 0.25) is 0 Å². The van der Waals surface area contributed by atoms with Gasteiger partial charge in [-0.05, 0) is 19.4 Å². The van der Waals surface area contributed by atoms with Gasteiger partial charge >= 0.3 is 0 Å². The van der Waals surface area contributed by atoms with Crippen molar-refractivity contribution in [3.8, 4) is 0 Å². The third-order valence-electron chi connectivity index (χ3n) is 1.48. The van der Waals surface area contributed by atoms with Crippen molar-refractivity contribution in [3.63, 3.8) is 0 Å². The van der Waals surface area contributed by atoms with E-state index < -0.39 is 0 Å². The van der Waals surface area contributed by atoms with Crippen LogP contribution < -0.4 is 11.5 Å². The summed E-state index contributed by atoms with van der Waals surface area (Å²) in [6.07, 6.45) is 6.54. The molecule has 0 amide bonds. The molecule has 4 N–H and O–H groups in total. The summed E-state index contributed by atoms with van der Waals surface area (Å²) in [5.41, 5.74) is 10.6. The molecular formula is C8H19N3. The fourth-order valence-corrected chi connectivity index (χ4v) is 0.867. The molecule has 0 unspecified atom stereocenters. The molecule has 0 atom stereocenters. The molecule has 0 aliphatic carbocycles. The van der Waals surface area contributed by atoms with Gasteiger partial charge in [-0.2, -0.15) is 0 Å². The zero-order chi connectivity index (χ0) is 8.36. The largest absolute Gasteiger partial charge is 0.330 e. The highest BCUT2D eigenvalue weighted by Gasteiger charge is 1.85. The lowest BCUT2D eigenvalue weighted by Crippen LogP contribution is -2.00. The first-order valence-corrected chi connectivity index (χ1v) is 4.30. The van der Waals surface area contributed by atoms with Gasteiger partial charge in [0, 0.05) is 19.3 Å². The Morgan fingerprint density at radius 3 is 2.36 bits per heavy atom. The highest BCUT2D eigenvalue weighted by Crippen LogP contribution is 1.97. The van der Waals surface area contributed by atoms with Crippen molar-refractivity contribution < 1.29 is 0 Å². The van der Waals surface area contributed by atoms with E-state index in [9.17, 15) is 0 Å². The van der Waals surface area contributed by atoms with Crippen molar-refractivity contribution in [2.75, 3.05) is 19.6 Å². The van der Waals surface area contributed by atoms with Gasteiger partial charge in [0.2, 0.25) is 0 Å². The minimum Gasteiger partial charge on any atom is -0.330 e. The Morgan fingerprint density at radius 1 is 1.00 bits per heavy atom. The van der Waals surface area contributed by atoms with Crippen LogP contribution in [0.1, 0.15) is 25.7 Å². The van der Waals surface area contributed by atoms with Gasteiger partial charge in [0.05, 0.1) is 0 Å². The predicted octanol–water partition coefficient (Wildman–Crippen LogP) is 0.535. The lowest BCUT2D eigenvalue weighted by molar-refractivity contribution is 0.654. The molecule has 0 spiro atoms. The zero-order valence-corrected chi connectivity index (χ0v) is 7.13. The van der Waals surface area contributed by atoms with Crippen molar-refractivity contribution in [2.45, 2.75) is 25.7 Å². The van der Waals surface area contributed by atoms with E-state index in [0.29, 0.717) is 6.54 Å². The summed E-state index contributed by atoms with van der Waals surface area (Å²) in [5, 5.41) is 0. The Bertz CT molecular complexity index is 91.3. The molecule has 0 fully saturated rings. The summed E-state index contributed by atoms with van der Waals surface area (Å²) in [4.78, 5) is 4.11. The van der Waals surface area contributed by atoms with Crippen LogP contribution in [0.3, 0.4) is 0 Å². The Hall–Kier alpha value is -0.410. The fraction of sp³-hybridized carbons (Fsp3) is 0.875. The van der Waals surface area contributed by atoms with E-state index in [0.717, 1.165) is 25.9 Å². The molecule has 66 valence electrons. The van der Waals surface area contributed by atoms with Crippen LogP contribution in [-0.2, 0) is 0 Å². The number of aliphatic imine (C=N–C) groups is 1. The van der Waals surface area contributed by atoms with Crippen molar-refractivity contribution >= 4 is 6.21 Å². The summed E-state index contributed by atoms with van der Waals surface area (Å²) in [5.74, 6) is 0. The van der Waals surface area contributed by atoms with Gasteiger partial charge in [0.25, 0.3) is 0 Å². The van der Waals surface area contributed by atoms with E-state index in [-0.39, 0.29) is 0 Å². The highest BCUT2D eigenvalue weighted by atomic mass is 14.7. The first-order valence-electron chi connectivity index (χ1n) is 4.30. The monoisotopic (exact) mass is 157 g/mol. The molecule has 0 aromatic carbocycles. The summed E-state index contributed by atoms with van der Waals surface area (Å²) in [6, 6.07) is 0. The summed E-state index contributed by atoms with van der Waals surface area (Å²) < 4.78 is 0. The summed E-state index contributed by atoms with van der Waals surface area (Å²) in [7, 11) is 0. The van der Waals surface area contributed by atoms with Crippen LogP contribution in [0.5, 0.6) is 0 Å². The molecular weight excluding hydrogens is 138 g/mol. The molecule has 3 heteroatoms. The first-order chi connectivity index (χ1) is 5.41. The molecule has 0 aromatic heterocycles. The zero-order valence-electron chi connectivity index (χ0n) is 7.13. The minimum absolute atomic E-state index is 0.558. The average Bonchev–Trinajstić information content (AvgIpc) is 2.03. The third-order valence-corrected chi connectivity index (χ3v) is 1.48. The van der Waals surface area contributed by atoms with Crippen molar-refractivity contribution in [2.24, 2.45) is 16.5 Å². The smallest absolute Gasteiger partial charge is 0.0385 e. The molecule has 11 heavy (non-hydrogen) atoms. The molecule has 0 saturated heterocycles. The lowest BCUT2D eigenvalue weighted by atomic mass is 10.2. The van der Waals surface area contributed by atoms with Crippen LogP contribution >= 0.6 is 0 Å². The Morgan fingerprint density at radius 2 is 1.73 bits per heavy atom. The van der Waals surface area contributed by atoms with Gasteiger partial charge < -0.3 is 11.5 Å². The standard InChI is InChI=1S/C8H19N3/c9-5-3-1-2-4-7-11-8-6-10/h8H,1-7,9-10H2. The second-order valence-corrected chi connectivity index (χ2v) is 2.53. The molecule has 0 aliphatic rings. The Labute approximate surface area is 68.9 Å². The van der Waals surface area contributed by atoms with Gasteiger partial charge in [-0.1, -0.05) is 12.8 Å². The van der Waals surface area contributed by atoms with Crippen LogP contribution in [0.15, 0.2) is 4.99 Å². The number of unbranched alkanes of at least 4 members (excludes halogenated alkanes) is 3. The van der Waals surface area contributed by atoms with E-state index in [1.165, 1.54) is 12.8 Å². The Balaban J connectivity index is 2.85. The molecule has 3 nitrogen and oxygen atoms in total. The third kappa shape index (κ3) is 9.59. The quantitative estimate of drug-likeness (QED) is 0.418. The normalized spacial score (nSPS) is 11.1. The predicted molar refractivity (Wildman–Crippen MR) is 49.9 cm³/mol. The number of hydrogen-bond donors (Lipinski definition) is 2. The minimum atomic E-state index is 0.558. The van der Waals surface area contributed by atoms with E-state index >= 15 is 0 Å². The van der Waals surface area contributed by atoms with Gasteiger partial charge in [-0.25, -0.2) is 0 Å². The van der Waals surface area contributed by atoms with Crippen LogP contribution in [0, 0.1) is 0 Å². The van der Waals surface area contributed by atoms with E-state index in [2.05, 4.69) is 4.99 Å². The second kappa shape index (κ2) is 9.59. The molecule has 0 heterocycles. The lowest BCUT2D eigenvalue weighted by Gasteiger charge is -1.95. The molecule has 0 aliphatic heterocycles. The number of nitrogens with zero attached hydrogens (tertiary/aromatic N) is 1. The molecule has 0 bridgehead atoms. The molecule has 0 saturated carbocycles. The van der Waals surface area contributed by atoms with Gasteiger partial charge in [-0.3, -0.25) is 4.99 Å². The Kier molecular flexibility index (Phi) is 9.23. The molecule has 0 rings (SSSR count). The number of hydrogen-bond acceptors (Lipinski definition) is 3. The number of nitrogens with two attached hydrogens (primary N) is 2. The maximum atomic E-state index is 5.34. The fourth-order valence-electron chi connectivity index (χ4n) is 0.867. The maximum absolute atomic E-state index is 5.34. The second-order valence-electron chi connectivity index (χ2n) is 2.53. The van der Waals surface area contributed by atoms with Gasteiger partial charge in [0.15, 0.2) is 0 Å². The topological polar surface area (TPSA) is 64.4 Å². The van der Waals surface area contributed by atoms with Crippen molar-refractivity contribution in [1.29, 1.82) is 0 Å². The van der Waals surface area contributed by atoms with Crippen molar-refractivity contribution in [3.05, 3.63) is 0 Å². The molecule has 0 radical (unpaired) electrons. The average molecular weight is 157 g/mol. The molecule has 0 aromatic rings. The highest BCUT2D eigenvalue weighted by molar-refractivity contribution is 5.58. The SMILES string of the molecule is NCC=NCCCCCCN. The van der Waals surface area contributed by atoms with E-state index in [1.54, 1.807) is 6.21 Å². The van der Waals surface area contributed by atoms with Crippen LogP contribution in [-0.4, -0.2) is 25.8 Å². The van der Waals surface area contributed by atoms with E-state index in [1.807, 2.05) is 0 Å². The van der Waals surface area contributed by atoms with Crippen LogP contribution in [0.25, 0.3) is 0 Å².